The summed E-state index contributed by atoms with van der Waals surface area (Å²) in [5.74, 6) is 1.13. The molecule has 3 heteroatoms. The van der Waals surface area contributed by atoms with Crippen LogP contribution in [-0.2, 0) is 17.6 Å². The Kier molecular flexibility index (Phi) is 4.23. The van der Waals surface area contributed by atoms with Crippen molar-refractivity contribution >= 4 is 5.97 Å². The van der Waals surface area contributed by atoms with Gasteiger partial charge in [-0.05, 0) is 56.6 Å². The number of aryl methyl sites for hydroxylation is 2. The van der Waals surface area contributed by atoms with Gasteiger partial charge in [0.25, 0.3) is 0 Å². The zero-order valence-electron chi connectivity index (χ0n) is 12.3. The summed E-state index contributed by atoms with van der Waals surface area (Å²) in [4.78, 5) is 16.5. The Morgan fingerprint density at radius 1 is 1.53 bits per heavy atom. The first-order valence-electron chi connectivity index (χ1n) is 7.19. The van der Waals surface area contributed by atoms with Gasteiger partial charge in [-0.2, -0.15) is 0 Å². The summed E-state index contributed by atoms with van der Waals surface area (Å²) in [5.41, 5.74) is 3.83. The van der Waals surface area contributed by atoms with E-state index in [9.17, 15) is 4.79 Å². The smallest absolute Gasteiger partial charge is 0.339 e. The topological polar surface area (TPSA) is 39.2 Å². The molecule has 0 spiro atoms. The molecule has 0 aliphatic heterocycles. The van der Waals surface area contributed by atoms with Gasteiger partial charge in [-0.25, -0.2) is 4.79 Å². The molecular formula is C16H23NO2. The van der Waals surface area contributed by atoms with Crippen molar-refractivity contribution in [2.24, 2.45) is 11.8 Å². The van der Waals surface area contributed by atoms with Crippen molar-refractivity contribution in [3.05, 3.63) is 28.6 Å². The van der Waals surface area contributed by atoms with Crippen molar-refractivity contribution in [3.8, 4) is 0 Å². The van der Waals surface area contributed by atoms with Crippen LogP contribution in [0.1, 0.15) is 54.5 Å². The molecule has 1 aromatic heterocycles. The van der Waals surface area contributed by atoms with Gasteiger partial charge in [0.05, 0.1) is 17.9 Å². The van der Waals surface area contributed by atoms with E-state index < -0.39 is 0 Å². The Bertz CT molecular complexity index is 480. The Balaban J connectivity index is 2.30. The molecule has 1 heterocycles. The molecule has 1 aliphatic rings. The second-order valence-electron chi connectivity index (χ2n) is 5.69. The Morgan fingerprint density at radius 3 is 2.89 bits per heavy atom. The first-order valence-corrected chi connectivity index (χ1v) is 7.19. The minimum absolute atomic E-state index is 0.248. The second kappa shape index (κ2) is 5.72. The van der Waals surface area contributed by atoms with E-state index in [1.807, 2.05) is 19.9 Å². The summed E-state index contributed by atoms with van der Waals surface area (Å²) in [6.45, 7) is 8.66. The van der Waals surface area contributed by atoms with E-state index in [2.05, 4.69) is 18.8 Å². The number of pyridine rings is 1. The predicted molar refractivity (Wildman–Crippen MR) is 75.3 cm³/mol. The molecule has 0 amide bonds. The number of hydrogen-bond acceptors (Lipinski definition) is 3. The number of rotatable bonds is 3. The number of ether oxygens (including phenoxy) is 1. The fraction of sp³-hybridized carbons (Fsp3) is 0.625. The highest BCUT2D eigenvalue weighted by Crippen LogP contribution is 2.30. The molecule has 19 heavy (non-hydrogen) atoms. The van der Waals surface area contributed by atoms with E-state index in [1.165, 1.54) is 17.7 Å². The molecule has 1 aliphatic carbocycles. The molecule has 0 bridgehead atoms. The van der Waals surface area contributed by atoms with E-state index in [-0.39, 0.29) is 5.97 Å². The average molecular weight is 261 g/mol. The minimum atomic E-state index is -0.248. The van der Waals surface area contributed by atoms with Crippen LogP contribution in [0.15, 0.2) is 6.07 Å². The highest BCUT2D eigenvalue weighted by Gasteiger charge is 2.24. The van der Waals surface area contributed by atoms with Gasteiger partial charge < -0.3 is 4.74 Å². The maximum atomic E-state index is 11.9. The van der Waals surface area contributed by atoms with E-state index >= 15 is 0 Å². The fourth-order valence-corrected chi connectivity index (χ4v) is 2.78. The maximum absolute atomic E-state index is 11.9. The molecule has 0 aromatic carbocycles. The first kappa shape index (κ1) is 14.0. The third kappa shape index (κ3) is 2.96. The third-order valence-electron chi connectivity index (χ3n) is 4.05. The van der Waals surface area contributed by atoms with E-state index in [0.29, 0.717) is 24.0 Å². The van der Waals surface area contributed by atoms with Gasteiger partial charge in [-0.3, -0.25) is 4.98 Å². The zero-order valence-corrected chi connectivity index (χ0v) is 12.3. The van der Waals surface area contributed by atoms with E-state index in [1.54, 1.807) is 0 Å². The molecule has 0 saturated heterocycles. The molecule has 1 atom stereocenters. The van der Waals surface area contributed by atoms with E-state index in [4.69, 9.17) is 4.74 Å². The largest absolute Gasteiger partial charge is 0.462 e. The van der Waals surface area contributed by atoms with Crippen molar-refractivity contribution in [1.82, 2.24) is 4.98 Å². The lowest BCUT2D eigenvalue weighted by atomic mass is 9.79. The second-order valence-corrected chi connectivity index (χ2v) is 5.69. The van der Waals surface area contributed by atoms with Gasteiger partial charge >= 0.3 is 5.97 Å². The van der Waals surface area contributed by atoms with Crippen LogP contribution in [0, 0.1) is 18.8 Å². The summed E-state index contributed by atoms with van der Waals surface area (Å²) in [5, 5.41) is 0. The van der Waals surface area contributed by atoms with Crippen molar-refractivity contribution in [1.29, 1.82) is 0 Å². The van der Waals surface area contributed by atoms with Gasteiger partial charge in [0.15, 0.2) is 0 Å². The lowest BCUT2D eigenvalue weighted by Crippen LogP contribution is -2.21. The molecule has 0 N–H and O–H groups in total. The normalized spacial score (nSPS) is 18.3. The molecule has 3 nitrogen and oxygen atoms in total. The number of hydrogen-bond donors (Lipinski definition) is 0. The summed E-state index contributed by atoms with van der Waals surface area (Å²) in [6, 6.07) is 2.00. The predicted octanol–water partition coefficient (Wildman–Crippen LogP) is 3.33. The molecule has 0 radical (unpaired) electrons. The number of fused-ring (bicyclic) bond motifs is 1. The summed E-state index contributed by atoms with van der Waals surface area (Å²) in [6.07, 6.45) is 3.27. The van der Waals surface area contributed by atoms with Crippen LogP contribution in [0.3, 0.4) is 0 Å². The SMILES string of the molecule is CCOC(=O)c1cc2c(nc1C)CCC(C(C)C)C2. The van der Waals surface area contributed by atoms with Gasteiger partial charge in [0, 0.05) is 5.69 Å². The molecule has 0 fully saturated rings. The van der Waals surface area contributed by atoms with Crippen molar-refractivity contribution in [2.75, 3.05) is 6.61 Å². The van der Waals surface area contributed by atoms with Gasteiger partial charge in [0.2, 0.25) is 0 Å². The lowest BCUT2D eigenvalue weighted by molar-refractivity contribution is 0.0524. The monoisotopic (exact) mass is 261 g/mol. The number of carbonyl (C=O) groups excluding carboxylic acids is 1. The highest BCUT2D eigenvalue weighted by atomic mass is 16.5. The Hall–Kier alpha value is -1.38. The Morgan fingerprint density at radius 2 is 2.26 bits per heavy atom. The number of esters is 1. The summed E-state index contributed by atoms with van der Waals surface area (Å²) in [7, 11) is 0. The highest BCUT2D eigenvalue weighted by molar-refractivity contribution is 5.90. The lowest BCUT2D eigenvalue weighted by Gasteiger charge is -2.27. The third-order valence-corrected chi connectivity index (χ3v) is 4.05. The molecule has 1 unspecified atom stereocenters. The number of nitrogens with zero attached hydrogens (tertiary/aromatic N) is 1. The standard InChI is InChI=1S/C16H23NO2/c1-5-19-16(18)14-9-13-8-12(10(2)3)6-7-15(13)17-11(14)4/h9-10,12H,5-8H2,1-4H3. The quantitative estimate of drug-likeness (QED) is 0.783. The summed E-state index contributed by atoms with van der Waals surface area (Å²) >= 11 is 0. The van der Waals surface area contributed by atoms with Crippen molar-refractivity contribution in [2.45, 2.75) is 47.0 Å². The van der Waals surface area contributed by atoms with Crippen LogP contribution in [0.2, 0.25) is 0 Å². The Labute approximate surface area is 115 Å². The van der Waals surface area contributed by atoms with Crippen molar-refractivity contribution < 1.29 is 9.53 Å². The summed E-state index contributed by atoms with van der Waals surface area (Å²) < 4.78 is 5.10. The van der Waals surface area contributed by atoms with Crippen LogP contribution in [0.5, 0.6) is 0 Å². The molecule has 1 aromatic rings. The fourth-order valence-electron chi connectivity index (χ4n) is 2.78. The van der Waals surface area contributed by atoms with Crippen LogP contribution in [0.25, 0.3) is 0 Å². The van der Waals surface area contributed by atoms with Crippen LogP contribution in [0.4, 0.5) is 0 Å². The molecule has 104 valence electrons. The number of carbonyl (C=O) groups is 1. The van der Waals surface area contributed by atoms with Crippen molar-refractivity contribution in [3.63, 3.8) is 0 Å². The molecular weight excluding hydrogens is 238 g/mol. The zero-order chi connectivity index (χ0) is 14.0. The first-order chi connectivity index (χ1) is 9.02. The average Bonchev–Trinajstić information content (AvgIpc) is 2.37. The maximum Gasteiger partial charge on any atom is 0.339 e. The van der Waals surface area contributed by atoms with Gasteiger partial charge in [-0.15, -0.1) is 0 Å². The minimum Gasteiger partial charge on any atom is -0.462 e. The van der Waals surface area contributed by atoms with Crippen LogP contribution >= 0.6 is 0 Å². The van der Waals surface area contributed by atoms with Gasteiger partial charge in [0.1, 0.15) is 0 Å². The van der Waals surface area contributed by atoms with Crippen LogP contribution in [-0.4, -0.2) is 17.6 Å². The van der Waals surface area contributed by atoms with Gasteiger partial charge in [-0.1, -0.05) is 13.8 Å². The van der Waals surface area contributed by atoms with E-state index in [0.717, 1.165) is 18.5 Å². The number of aromatic nitrogens is 1. The molecule has 0 saturated carbocycles. The molecule has 2 rings (SSSR count). The van der Waals surface area contributed by atoms with Crippen LogP contribution < -0.4 is 0 Å².